The number of thioether (sulfide) groups is 1. The molecule has 3 heteroatoms. The first kappa shape index (κ1) is 11.1. The van der Waals surface area contributed by atoms with Gasteiger partial charge < -0.3 is 5.32 Å². The Morgan fingerprint density at radius 3 is 2.94 bits per heavy atom. The second-order valence-electron chi connectivity index (χ2n) is 4.92. The lowest BCUT2D eigenvalue weighted by Gasteiger charge is -2.25. The number of hydrogen-bond donors (Lipinski definition) is 1. The quantitative estimate of drug-likeness (QED) is 0.826. The lowest BCUT2D eigenvalue weighted by molar-refractivity contribution is 0.0934. The molecule has 1 heterocycles. The molecule has 0 radical (unpaired) electrons. The molecule has 2 nitrogen and oxygen atoms in total. The molecule has 3 atom stereocenters. The third-order valence-corrected chi connectivity index (χ3v) is 5.15. The third-order valence-electron chi connectivity index (χ3n) is 4.04. The Hall–Kier alpha value is -0.960. The third kappa shape index (κ3) is 1.77. The summed E-state index contributed by atoms with van der Waals surface area (Å²) < 4.78 is 0. The SMILES string of the molecule is CSC1c2ccccc2C(=O)NC2CCCC21. The van der Waals surface area contributed by atoms with Crippen LogP contribution in [0, 0.1) is 5.92 Å². The zero-order chi connectivity index (χ0) is 11.8. The zero-order valence-corrected chi connectivity index (χ0v) is 10.8. The molecule has 2 aliphatic rings. The van der Waals surface area contributed by atoms with Gasteiger partial charge in [0.15, 0.2) is 0 Å². The molecule has 1 fully saturated rings. The van der Waals surface area contributed by atoms with Gasteiger partial charge in [0.05, 0.1) is 0 Å². The van der Waals surface area contributed by atoms with E-state index in [-0.39, 0.29) is 5.91 Å². The van der Waals surface area contributed by atoms with Gasteiger partial charge in [0, 0.05) is 16.9 Å². The number of benzene rings is 1. The minimum absolute atomic E-state index is 0.119. The van der Waals surface area contributed by atoms with Crippen LogP contribution in [0.25, 0.3) is 0 Å². The van der Waals surface area contributed by atoms with Crippen molar-refractivity contribution in [2.24, 2.45) is 5.92 Å². The average Bonchev–Trinajstić information content (AvgIpc) is 2.75. The molecule has 1 saturated carbocycles. The highest BCUT2D eigenvalue weighted by molar-refractivity contribution is 7.98. The second-order valence-corrected chi connectivity index (χ2v) is 5.90. The highest BCUT2D eigenvalue weighted by Gasteiger charge is 2.39. The van der Waals surface area contributed by atoms with E-state index in [1.807, 2.05) is 30.0 Å². The highest BCUT2D eigenvalue weighted by atomic mass is 32.2. The minimum Gasteiger partial charge on any atom is -0.349 e. The van der Waals surface area contributed by atoms with Gasteiger partial charge in [-0.2, -0.15) is 11.8 Å². The molecule has 1 aromatic rings. The molecule has 0 bridgehead atoms. The van der Waals surface area contributed by atoms with Gasteiger partial charge in [-0.1, -0.05) is 24.6 Å². The number of nitrogens with one attached hydrogen (secondary N) is 1. The van der Waals surface area contributed by atoms with E-state index < -0.39 is 0 Å². The maximum absolute atomic E-state index is 12.2. The summed E-state index contributed by atoms with van der Waals surface area (Å²) >= 11 is 1.89. The van der Waals surface area contributed by atoms with Crippen molar-refractivity contribution in [3.05, 3.63) is 35.4 Å². The van der Waals surface area contributed by atoms with Crippen LogP contribution in [0.5, 0.6) is 0 Å². The summed E-state index contributed by atoms with van der Waals surface area (Å²) in [7, 11) is 0. The molecule has 3 unspecified atom stereocenters. The van der Waals surface area contributed by atoms with E-state index in [1.165, 1.54) is 18.4 Å². The molecular formula is C14H17NOS. The van der Waals surface area contributed by atoms with Gasteiger partial charge in [-0.05, 0) is 36.6 Å². The van der Waals surface area contributed by atoms with Crippen molar-refractivity contribution in [1.29, 1.82) is 0 Å². The summed E-state index contributed by atoms with van der Waals surface area (Å²) in [4.78, 5) is 12.2. The first-order valence-electron chi connectivity index (χ1n) is 6.24. The first-order chi connectivity index (χ1) is 8.31. The lowest BCUT2D eigenvalue weighted by atomic mass is 9.93. The normalized spacial score (nSPS) is 31.4. The number of carbonyl (C=O) groups is 1. The first-order valence-corrected chi connectivity index (χ1v) is 7.52. The van der Waals surface area contributed by atoms with Gasteiger partial charge in [0.2, 0.25) is 0 Å². The van der Waals surface area contributed by atoms with Crippen molar-refractivity contribution in [2.75, 3.05) is 6.26 Å². The van der Waals surface area contributed by atoms with Gasteiger partial charge in [0.1, 0.15) is 0 Å². The number of carbonyl (C=O) groups excluding carboxylic acids is 1. The van der Waals surface area contributed by atoms with Crippen LogP contribution in [-0.4, -0.2) is 18.2 Å². The van der Waals surface area contributed by atoms with Crippen LogP contribution in [0.15, 0.2) is 24.3 Å². The zero-order valence-electron chi connectivity index (χ0n) is 9.98. The summed E-state index contributed by atoms with van der Waals surface area (Å²) in [5.74, 6) is 0.728. The van der Waals surface area contributed by atoms with Crippen LogP contribution in [0.3, 0.4) is 0 Å². The summed E-state index contributed by atoms with van der Waals surface area (Å²) in [5, 5.41) is 3.68. The second kappa shape index (κ2) is 4.37. The van der Waals surface area contributed by atoms with Crippen LogP contribution in [0.2, 0.25) is 0 Å². The summed E-state index contributed by atoms with van der Waals surface area (Å²) in [6, 6.07) is 8.46. The maximum atomic E-state index is 12.2. The van der Waals surface area contributed by atoms with Crippen LogP contribution >= 0.6 is 11.8 Å². The standard InChI is InChI=1S/C14H17NOS/c1-17-13-9-5-2-3-6-10(9)14(16)15-12-8-4-7-11(12)13/h2-3,5-6,11-13H,4,7-8H2,1H3,(H,15,16). The predicted octanol–water partition coefficient (Wildman–Crippen LogP) is 3.00. The molecule has 1 amide bonds. The Bertz CT molecular complexity index is 446. The summed E-state index contributed by atoms with van der Waals surface area (Å²) in [6.45, 7) is 0. The summed E-state index contributed by atoms with van der Waals surface area (Å²) in [6.07, 6.45) is 5.79. The molecule has 3 rings (SSSR count). The molecule has 1 aromatic carbocycles. The van der Waals surface area contributed by atoms with Gasteiger partial charge in [-0.25, -0.2) is 0 Å². The largest absolute Gasteiger partial charge is 0.349 e. The monoisotopic (exact) mass is 247 g/mol. The maximum Gasteiger partial charge on any atom is 0.251 e. The topological polar surface area (TPSA) is 29.1 Å². The highest BCUT2D eigenvalue weighted by Crippen LogP contribution is 2.45. The van der Waals surface area contributed by atoms with Crippen molar-refractivity contribution < 1.29 is 4.79 Å². The molecule has 0 spiro atoms. The lowest BCUT2D eigenvalue weighted by Crippen LogP contribution is -2.35. The van der Waals surface area contributed by atoms with Gasteiger partial charge >= 0.3 is 0 Å². The fourth-order valence-corrected chi connectivity index (χ4v) is 4.40. The van der Waals surface area contributed by atoms with Gasteiger partial charge in [0.25, 0.3) is 5.91 Å². The Kier molecular flexibility index (Phi) is 2.87. The van der Waals surface area contributed by atoms with Crippen LogP contribution in [0.1, 0.15) is 40.4 Å². The van der Waals surface area contributed by atoms with Gasteiger partial charge in [-0.3, -0.25) is 4.79 Å². The Morgan fingerprint density at radius 1 is 1.29 bits per heavy atom. The fraction of sp³-hybridized carbons (Fsp3) is 0.500. The molecular weight excluding hydrogens is 230 g/mol. The van der Waals surface area contributed by atoms with E-state index in [2.05, 4.69) is 17.6 Å². The Labute approximate surface area is 106 Å². The van der Waals surface area contributed by atoms with Crippen LogP contribution in [0.4, 0.5) is 0 Å². The molecule has 90 valence electrons. The van der Waals surface area contributed by atoms with Crippen LogP contribution in [-0.2, 0) is 0 Å². The van der Waals surface area contributed by atoms with E-state index in [9.17, 15) is 4.79 Å². The smallest absolute Gasteiger partial charge is 0.251 e. The van der Waals surface area contributed by atoms with Crippen molar-refractivity contribution in [1.82, 2.24) is 5.32 Å². The van der Waals surface area contributed by atoms with Crippen molar-refractivity contribution in [3.8, 4) is 0 Å². The van der Waals surface area contributed by atoms with E-state index in [1.54, 1.807) is 0 Å². The van der Waals surface area contributed by atoms with E-state index in [0.717, 1.165) is 12.0 Å². The molecule has 1 aliphatic carbocycles. The van der Waals surface area contributed by atoms with Crippen LogP contribution < -0.4 is 5.32 Å². The predicted molar refractivity (Wildman–Crippen MR) is 71.3 cm³/mol. The average molecular weight is 247 g/mol. The number of amides is 1. The Balaban J connectivity index is 2.10. The molecule has 0 aromatic heterocycles. The molecule has 17 heavy (non-hydrogen) atoms. The minimum atomic E-state index is 0.119. The van der Waals surface area contributed by atoms with Crippen molar-refractivity contribution >= 4 is 17.7 Å². The number of hydrogen-bond acceptors (Lipinski definition) is 2. The number of rotatable bonds is 1. The molecule has 1 N–H and O–H groups in total. The van der Waals surface area contributed by atoms with Crippen molar-refractivity contribution in [2.45, 2.75) is 30.6 Å². The Morgan fingerprint density at radius 2 is 2.12 bits per heavy atom. The fourth-order valence-electron chi connectivity index (χ4n) is 3.26. The summed E-state index contributed by atoms with van der Waals surface area (Å²) in [5.41, 5.74) is 2.10. The van der Waals surface area contributed by atoms with E-state index in [0.29, 0.717) is 17.2 Å². The van der Waals surface area contributed by atoms with Crippen molar-refractivity contribution in [3.63, 3.8) is 0 Å². The number of fused-ring (bicyclic) bond motifs is 2. The van der Waals surface area contributed by atoms with E-state index >= 15 is 0 Å². The molecule has 0 saturated heterocycles. The van der Waals surface area contributed by atoms with E-state index in [4.69, 9.17) is 0 Å². The van der Waals surface area contributed by atoms with Gasteiger partial charge in [-0.15, -0.1) is 0 Å². The molecule has 1 aliphatic heterocycles.